The summed E-state index contributed by atoms with van der Waals surface area (Å²) in [6, 6.07) is 0. The van der Waals surface area contributed by atoms with Crippen LogP contribution >= 0.6 is 0 Å². The van der Waals surface area contributed by atoms with E-state index >= 15 is 0 Å². The standard InChI is InChI=1S/C20H29Si.2ClH.Zr/c1-4-5-6-7-8-9-14-18-15-19(21(2)3)16-20(18)17-12-10-11-13-17;;;/h10-12,15H,4-9,13-14H2,1-3H3;2*1H;/q-1;;;+3/p-2. The maximum atomic E-state index is 3.72. The maximum absolute atomic E-state index is 3.72. The molecule has 1 radical (unpaired) electrons. The molecule has 2 rings (SSSR count). The first kappa shape index (κ1) is 26.7. The van der Waals surface area contributed by atoms with E-state index in [1.165, 1.54) is 61.3 Å². The zero-order chi connectivity index (χ0) is 15.1. The second kappa shape index (κ2) is 14.7. The minimum atomic E-state index is -0.387. The van der Waals surface area contributed by atoms with Gasteiger partial charge in [-0.1, -0.05) is 77.1 Å². The Balaban J connectivity index is 0. The Morgan fingerprint density at radius 1 is 1.04 bits per heavy atom. The predicted octanol–water partition coefficient (Wildman–Crippen LogP) is -0.193. The summed E-state index contributed by atoms with van der Waals surface area (Å²) in [6.07, 6.45) is 23.5. The van der Waals surface area contributed by atoms with E-state index in [4.69, 9.17) is 0 Å². The first-order valence-electron chi connectivity index (χ1n) is 8.61. The second-order valence-electron chi connectivity index (χ2n) is 6.43. The Kier molecular flexibility index (Phi) is 16.3. The van der Waals surface area contributed by atoms with E-state index in [-0.39, 0.29) is 59.4 Å². The molecule has 2 aliphatic carbocycles. The summed E-state index contributed by atoms with van der Waals surface area (Å²) in [5.41, 5.74) is 4.46. The van der Waals surface area contributed by atoms with Gasteiger partial charge in [0.05, 0.1) is 0 Å². The fourth-order valence-electron chi connectivity index (χ4n) is 2.98. The van der Waals surface area contributed by atoms with Gasteiger partial charge in [-0.3, -0.25) is 0 Å². The van der Waals surface area contributed by atoms with Gasteiger partial charge in [-0.2, -0.15) is 17.2 Å². The average Bonchev–Trinajstić information content (AvgIpc) is 3.11. The predicted molar refractivity (Wildman–Crippen MR) is 97.2 cm³/mol. The Labute approximate surface area is 182 Å². The van der Waals surface area contributed by atoms with Gasteiger partial charge in [0.2, 0.25) is 0 Å². The fraction of sp³-hybridized carbons (Fsp3) is 0.550. The van der Waals surface area contributed by atoms with Gasteiger partial charge in [-0.15, -0.1) is 22.9 Å². The Hall–Kier alpha value is 0.510. The molecule has 0 heterocycles. The van der Waals surface area contributed by atoms with Gasteiger partial charge in [0.25, 0.3) is 0 Å². The zero-order valence-electron chi connectivity index (χ0n) is 15.2. The van der Waals surface area contributed by atoms with E-state index in [1.54, 1.807) is 5.57 Å². The summed E-state index contributed by atoms with van der Waals surface area (Å²) in [7, 11) is -0.387. The Morgan fingerprint density at radius 2 is 1.71 bits per heavy atom. The van der Waals surface area contributed by atoms with Crippen LogP contribution in [-0.2, 0) is 26.2 Å². The molecule has 0 atom stereocenters. The third-order valence-electron chi connectivity index (χ3n) is 4.33. The van der Waals surface area contributed by atoms with Gasteiger partial charge < -0.3 is 24.8 Å². The molecule has 0 N–H and O–H groups in total. The zero-order valence-corrected chi connectivity index (χ0v) is 20.2. The topological polar surface area (TPSA) is 0 Å². The number of hydrogen-bond acceptors (Lipinski definition) is 0. The van der Waals surface area contributed by atoms with Crippen molar-refractivity contribution in [3.8, 4) is 0 Å². The van der Waals surface area contributed by atoms with Crippen molar-refractivity contribution in [3.63, 3.8) is 0 Å². The van der Waals surface area contributed by atoms with Crippen LogP contribution in [0.1, 0.15) is 58.3 Å². The van der Waals surface area contributed by atoms with Crippen LogP contribution in [0, 0.1) is 6.08 Å². The molecule has 0 aliphatic heterocycles. The largest absolute Gasteiger partial charge is 3.00 e. The van der Waals surface area contributed by atoms with E-state index in [9.17, 15) is 0 Å². The van der Waals surface area contributed by atoms with Crippen molar-refractivity contribution in [3.05, 3.63) is 47.1 Å². The molecule has 0 fully saturated rings. The molecule has 0 aromatic rings. The normalized spacial score (nSPS) is 15.0. The molecule has 131 valence electrons. The minimum absolute atomic E-state index is 0. The van der Waals surface area contributed by atoms with Crippen molar-refractivity contribution in [2.24, 2.45) is 0 Å². The van der Waals surface area contributed by atoms with Crippen molar-refractivity contribution in [1.82, 2.24) is 0 Å². The molecule has 2 aliphatic rings. The van der Waals surface area contributed by atoms with Gasteiger partial charge in [-0.05, 0) is 14.8 Å². The van der Waals surface area contributed by atoms with Crippen LogP contribution in [-0.4, -0.2) is 13.6 Å². The van der Waals surface area contributed by atoms with Crippen LogP contribution in [0.5, 0.6) is 0 Å². The van der Waals surface area contributed by atoms with Crippen LogP contribution in [0.15, 0.2) is 41.0 Å². The van der Waals surface area contributed by atoms with Crippen LogP contribution in [0.25, 0.3) is 0 Å². The van der Waals surface area contributed by atoms with Crippen LogP contribution in [0.4, 0.5) is 0 Å². The molecule has 0 bridgehead atoms. The number of halogens is 2. The first-order chi connectivity index (χ1) is 10.2. The summed E-state index contributed by atoms with van der Waals surface area (Å²) < 4.78 is 0. The number of hydrogen-bond donors (Lipinski definition) is 0. The molecule has 4 heteroatoms. The first-order valence-corrected chi connectivity index (χ1v) is 11.1. The average molecular weight is 460 g/mol. The molecular weight excluding hydrogens is 430 g/mol. The summed E-state index contributed by atoms with van der Waals surface area (Å²) in [5, 5.41) is 1.49. The monoisotopic (exact) mass is 457 g/mol. The number of allylic oxidation sites excluding steroid dienone is 8. The van der Waals surface area contributed by atoms with E-state index in [0.29, 0.717) is 0 Å². The molecule has 0 aromatic carbocycles. The van der Waals surface area contributed by atoms with Crippen molar-refractivity contribution >= 4 is 13.6 Å². The molecule has 0 nitrogen and oxygen atoms in total. The summed E-state index contributed by atoms with van der Waals surface area (Å²) in [6.45, 7) is 7.03. The third-order valence-corrected chi connectivity index (χ3v) is 5.68. The molecule has 0 aromatic heterocycles. The smallest absolute Gasteiger partial charge is 1.00 e. The van der Waals surface area contributed by atoms with Gasteiger partial charge in [-0.25, -0.2) is 0 Å². The minimum Gasteiger partial charge on any atom is -1.00 e. The van der Waals surface area contributed by atoms with Gasteiger partial charge >= 0.3 is 26.2 Å². The summed E-state index contributed by atoms with van der Waals surface area (Å²) >= 11 is 0. The van der Waals surface area contributed by atoms with Crippen molar-refractivity contribution in [2.75, 3.05) is 0 Å². The molecular formula is C20H29Cl2SiZr. The number of unbranched alkanes of at least 4 members (excludes halogenated alkanes) is 5. The Morgan fingerprint density at radius 3 is 2.29 bits per heavy atom. The van der Waals surface area contributed by atoms with E-state index in [1.807, 2.05) is 0 Å². The van der Waals surface area contributed by atoms with Crippen LogP contribution in [0.2, 0.25) is 13.1 Å². The van der Waals surface area contributed by atoms with Crippen molar-refractivity contribution in [2.45, 2.75) is 71.4 Å². The van der Waals surface area contributed by atoms with E-state index in [0.717, 1.165) is 6.42 Å². The fourth-order valence-corrected chi connectivity index (χ4v) is 3.82. The van der Waals surface area contributed by atoms with E-state index in [2.05, 4.69) is 50.4 Å². The molecule has 0 saturated carbocycles. The SMILES string of the molecule is CCCCCCCCC1=CC(=[Si](C)C)[C-]=C1C1=CC=CC1.[Cl-].[Cl-].[Zr+3]. The third kappa shape index (κ3) is 8.26. The van der Waals surface area contributed by atoms with Crippen LogP contribution in [0.3, 0.4) is 0 Å². The molecule has 0 saturated heterocycles. The molecule has 24 heavy (non-hydrogen) atoms. The van der Waals surface area contributed by atoms with Gasteiger partial charge in [0, 0.05) is 0 Å². The van der Waals surface area contributed by atoms with Crippen molar-refractivity contribution < 1.29 is 51.0 Å². The van der Waals surface area contributed by atoms with E-state index < -0.39 is 0 Å². The van der Waals surface area contributed by atoms with Gasteiger partial charge in [0.15, 0.2) is 0 Å². The van der Waals surface area contributed by atoms with Gasteiger partial charge in [0.1, 0.15) is 0 Å². The maximum Gasteiger partial charge on any atom is 3.00 e. The summed E-state index contributed by atoms with van der Waals surface area (Å²) in [4.78, 5) is 0. The Bertz CT molecular complexity index is 524. The quantitative estimate of drug-likeness (QED) is 0.268. The van der Waals surface area contributed by atoms with Crippen LogP contribution < -0.4 is 24.8 Å². The molecule has 0 amide bonds. The molecule has 0 unspecified atom stereocenters. The second-order valence-corrected chi connectivity index (χ2v) is 8.96. The molecule has 0 spiro atoms. The summed E-state index contributed by atoms with van der Waals surface area (Å²) in [5.74, 6) is 0. The van der Waals surface area contributed by atoms with Crippen molar-refractivity contribution in [1.29, 1.82) is 0 Å². The number of rotatable bonds is 8.